The van der Waals surface area contributed by atoms with E-state index in [-0.39, 0.29) is 36.0 Å². The molecule has 11 heteroatoms. The van der Waals surface area contributed by atoms with Crippen molar-refractivity contribution in [3.63, 3.8) is 0 Å². The lowest BCUT2D eigenvalue weighted by molar-refractivity contribution is -0.133. The van der Waals surface area contributed by atoms with Crippen molar-refractivity contribution < 1.29 is 23.2 Å². The maximum Gasteiger partial charge on any atom is 0.252 e. The topological polar surface area (TPSA) is 119 Å². The lowest BCUT2D eigenvalue weighted by atomic mass is 9.87. The van der Waals surface area contributed by atoms with E-state index < -0.39 is 48.7 Å². The van der Waals surface area contributed by atoms with E-state index in [1.165, 1.54) is 28.1 Å². The van der Waals surface area contributed by atoms with E-state index in [0.29, 0.717) is 11.3 Å². The molecule has 2 fully saturated rings. The van der Waals surface area contributed by atoms with Crippen LogP contribution in [0.3, 0.4) is 0 Å². The summed E-state index contributed by atoms with van der Waals surface area (Å²) in [7, 11) is 1.69. The summed E-state index contributed by atoms with van der Waals surface area (Å²) in [6, 6.07) is 16.4. The van der Waals surface area contributed by atoms with Crippen molar-refractivity contribution in [3.8, 4) is 6.07 Å². The molecule has 2 aliphatic rings. The number of benzene rings is 2. The molecule has 1 aliphatic carbocycles. The number of aromatic nitrogens is 1. The van der Waals surface area contributed by atoms with Crippen LogP contribution in [0.2, 0.25) is 0 Å². The van der Waals surface area contributed by atoms with Crippen molar-refractivity contribution in [2.45, 2.75) is 75.9 Å². The normalized spacial score (nSPS) is 18.9. The molecule has 1 aromatic heterocycles. The van der Waals surface area contributed by atoms with Crippen LogP contribution in [0.5, 0.6) is 0 Å². The number of aryl methyl sites for hydroxylation is 1. The molecule has 2 heterocycles. The van der Waals surface area contributed by atoms with Crippen LogP contribution in [-0.4, -0.2) is 54.0 Å². The smallest absolute Gasteiger partial charge is 0.252 e. The summed E-state index contributed by atoms with van der Waals surface area (Å²) in [6.45, 7) is 3.84. The molecule has 9 nitrogen and oxygen atoms in total. The monoisotopic (exact) mass is 626 g/mol. The third-order valence-electron chi connectivity index (χ3n) is 8.63. The first kappa shape index (κ1) is 32.4. The molecule has 1 aliphatic heterocycles. The maximum atomic E-state index is 14.9. The Kier molecular flexibility index (Phi) is 9.56. The molecular formula is C35H36F2N6O3. The van der Waals surface area contributed by atoms with Crippen molar-refractivity contribution >= 4 is 35.4 Å². The van der Waals surface area contributed by atoms with E-state index in [2.05, 4.69) is 15.3 Å². The molecule has 238 valence electrons. The van der Waals surface area contributed by atoms with Gasteiger partial charge in [0.15, 0.2) is 0 Å². The zero-order chi connectivity index (χ0) is 33.0. The van der Waals surface area contributed by atoms with Gasteiger partial charge in [-0.15, -0.1) is 0 Å². The first-order chi connectivity index (χ1) is 22.1. The van der Waals surface area contributed by atoms with Crippen LogP contribution >= 0.6 is 0 Å². The zero-order valence-corrected chi connectivity index (χ0v) is 26.0. The number of carbonyl (C=O) groups is 3. The van der Waals surface area contributed by atoms with Crippen LogP contribution in [0.4, 0.5) is 20.3 Å². The van der Waals surface area contributed by atoms with Crippen LogP contribution < -0.4 is 15.1 Å². The Morgan fingerprint density at radius 1 is 1.20 bits per heavy atom. The quantitative estimate of drug-likeness (QED) is 0.292. The first-order valence-corrected chi connectivity index (χ1v) is 15.3. The van der Waals surface area contributed by atoms with Gasteiger partial charge in [0.25, 0.3) is 11.8 Å². The number of aliphatic imine (C=N–C) groups is 1. The second-order valence-electron chi connectivity index (χ2n) is 11.8. The summed E-state index contributed by atoms with van der Waals surface area (Å²) >= 11 is 0. The van der Waals surface area contributed by atoms with Crippen molar-refractivity contribution in [2.24, 2.45) is 4.99 Å². The molecule has 3 atom stereocenters. The third kappa shape index (κ3) is 6.66. The maximum absolute atomic E-state index is 14.9. The predicted molar refractivity (Wildman–Crippen MR) is 171 cm³/mol. The molecule has 1 N–H and O–H groups in total. The summed E-state index contributed by atoms with van der Waals surface area (Å²) in [5.74, 6) is -4.23. The van der Waals surface area contributed by atoms with Gasteiger partial charge in [0, 0.05) is 56.4 Å². The molecule has 0 spiro atoms. The van der Waals surface area contributed by atoms with E-state index >= 15 is 0 Å². The van der Waals surface area contributed by atoms with Gasteiger partial charge >= 0.3 is 0 Å². The Hall–Kier alpha value is -4.98. The van der Waals surface area contributed by atoms with Crippen molar-refractivity contribution in [2.75, 3.05) is 16.8 Å². The van der Waals surface area contributed by atoms with Gasteiger partial charge in [-0.2, -0.15) is 5.26 Å². The number of hydrogen-bond acceptors (Lipinski definition) is 6. The summed E-state index contributed by atoms with van der Waals surface area (Å²) in [4.78, 5) is 53.6. The number of nitrogens with zero attached hydrogens (tertiary/aromatic N) is 5. The van der Waals surface area contributed by atoms with Crippen LogP contribution in [0.15, 0.2) is 71.9 Å². The molecule has 0 radical (unpaired) electrons. The van der Waals surface area contributed by atoms with E-state index in [1.807, 2.05) is 50.4 Å². The minimum Gasteiger partial charge on any atom is -0.351 e. The van der Waals surface area contributed by atoms with Crippen molar-refractivity contribution in [1.82, 2.24) is 10.3 Å². The van der Waals surface area contributed by atoms with Gasteiger partial charge in [-0.05, 0) is 60.7 Å². The van der Waals surface area contributed by atoms with Crippen LogP contribution in [-0.2, 0) is 14.4 Å². The molecule has 1 saturated heterocycles. The Morgan fingerprint density at radius 3 is 2.63 bits per heavy atom. The molecule has 1 saturated carbocycles. The summed E-state index contributed by atoms with van der Waals surface area (Å²) in [6.07, 6.45) is 3.21. The second kappa shape index (κ2) is 13.6. The average Bonchev–Trinajstić information content (AvgIpc) is 3.43. The highest BCUT2D eigenvalue weighted by atomic mass is 19.3. The van der Waals surface area contributed by atoms with Gasteiger partial charge in [0.2, 0.25) is 11.8 Å². The van der Waals surface area contributed by atoms with E-state index in [1.54, 1.807) is 31.3 Å². The average molecular weight is 627 g/mol. The first-order valence-electron chi connectivity index (χ1n) is 15.3. The van der Waals surface area contributed by atoms with E-state index in [0.717, 1.165) is 17.5 Å². The molecular weight excluding hydrogens is 590 g/mol. The summed E-state index contributed by atoms with van der Waals surface area (Å²) in [5.41, 5.74) is 2.80. The van der Waals surface area contributed by atoms with Crippen LogP contribution in [0, 0.1) is 18.3 Å². The molecule has 3 unspecified atom stereocenters. The van der Waals surface area contributed by atoms with Gasteiger partial charge in [0.05, 0.1) is 11.6 Å². The molecule has 46 heavy (non-hydrogen) atoms. The fourth-order valence-electron chi connectivity index (χ4n) is 6.24. The molecule has 3 aromatic rings. The number of carbonyl (C=O) groups excluding carboxylic acids is 3. The highest BCUT2D eigenvalue weighted by molar-refractivity contribution is 6.10. The SMILES string of the molecule is CCC(C=NC)c1cccc(N(C(=O)C2CCC(=O)N2c2cc(C#N)ccn2)C(C(=O)NC2CC(F)(F)C2)c2ccccc2C)c1. The standard InChI is InChI=1S/C35H36F2N6O3/c1-4-24(21-39-3)25-9-7-10-27(17-25)42(34(46)29-12-13-31(44)43(29)30-16-23(20-38)14-15-40-30)32(28-11-6-5-8-22(28)2)33(45)41-26-18-35(36,37)19-26/h5-11,14-17,21,24,26,29,32H,4,12-13,18-19H2,1-3H3,(H,41,45). The van der Waals surface area contributed by atoms with Crippen LogP contribution in [0.1, 0.15) is 73.2 Å². The Labute approximate surface area is 266 Å². The second-order valence-corrected chi connectivity index (χ2v) is 11.8. The summed E-state index contributed by atoms with van der Waals surface area (Å²) < 4.78 is 27.6. The minimum absolute atomic E-state index is 0.0615. The van der Waals surface area contributed by atoms with Gasteiger partial charge in [0.1, 0.15) is 17.9 Å². The number of rotatable bonds is 10. The number of halogens is 2. The molecule has 0 bridgehead atoms. The van der Waals surface area contributed by atoms with E-state index in [9.17, 15) is 28.4 Å². The fraction of sp³-hybridized carbons (Fsp3) is 0.371. The molecule has 2 aromatic carbocycles. The molecule has 3 amide bonds. The van der Waals surface area contributed by atoms with Crippen molar-refractivity contribution in [1.29, 1.82) is 5.26 Å². The Morgan fingerprint density at radius 2 is 1.96 bits per heavy atom. The van der Waals surface area contributed by atoms with Crippen LogP contribution in [0.25, 0.3) is 0 Å². The molecule has 5 rings (SSSR count). The number of alkyl halides is 2. The highest BCUT2D eigenvalue weighted by Crippen LogP contribution is 2.39. The lowest BCUT2D eigenvalue weighted by Gasteiger charge is -2.39. The number of nitriles is 1. The van der Waals surface area contributed by atoms with Gasteiger partial charge < -0.3 is 10.3 Å². The van der Waals surface area contributed by atoms with Gasteiger partial charge in [-0.25, -0.2) is 13.8 Å². The number of nitrogens with one attached hydrogen (secondary N) is 1. The van der Waals surface area contributed by atoms with Crippen molar-refractivity contribution in [3.05, 3.63) is 89.1 Å². The zero-order valence-electron chi connectivity index (χ0n) is 26.0. The number of amides is 3. The highest BCUT2D eigenvalue weighted by Gasteiger charge is 2.48. The number of hydrogen-bond donors (Lipinski definition) is 1. The fourth-order valence-corrected chi connectivity index (χ4v) is 6.24. The van der Waals surface area contributed by atoms with Gasteiger partial charge in [-0.3, -0.25) is 24.2 Å². The lowest BCUT2D eigenvalue weighted by Crippen LogP contribution is -2.56. The predicted octanol–water partition coefficient (Wildman–Crippen LogP) is 5.64. The third-order valence-corrected chi connectivity index (χ3v) is 8.63. The Bertz CT molecular complexity index is 1700. The largest absolute Gasteiger partial charge is 0.351 e. The minimum atomic E-state index is -2.86. The van der Waals surface area contributed by atoms with E-state index in [4.69, 9.17) is 0 Å². The Balaban J connectivity index is 1.65. The summed E-state index contributed by atoms with van der Waals surface area (Å²) in [5, 5.41) is 12.2. The number of pyridine rings is 1. The van der Waals surface area contributed by atoms with Gasteiger partial charge in [-0.1, -0.05) is 43.3 Å². The number of anilines is 2.